The Labute approximate surface area is 130 Å². The molecule has 1 aliphatic heterocycles. The first kappa shape index (κ1) is 18.4. The van der Waals surface area contributed by atoms with E-state index in [4.69, 9.17) is 0 Å². The summed E-state index contributed by atoms with van der Waals surface area (Å²) in [4.78, 5) is 12.1. The molecule has 0 radical (unpaired) electrons. The summed E-state index contributed by atoms with van der Waals surface area (Å²) >= 11 is 0. The molecule has 0 aromatic rings. The highest BCUT2D eigenvalue weighted by molar-refractivity contribution is 5.82. The van der Waals surface area contributed by atoms with Crippen LogP contribution in [0.5, 0.6) is 0 Å². The molecular formula is C17H34N2O2. The van der Waals surface area contributed by atoms with E-state index in [2.05, 4.69) is 19.2 Å². The Hall–Kier alpha value is -0.610. The van der Waals surface area contributed by atoms with E-state index < -0.39 is 0 Å². The standard InChI is InChI=1S/C17H34N2O2/c1-3-5-7-8-10-12-15(11-9-6-4-2)18-17(20)16-13-14-19(16)21/h15-16,21H,3-14H2,1-2H3,(H,18,20)/t15-,16?/m1/s1. The molecule has 124 valence electrons. The van der Waals surface area contributed by atoms with Gasteiger partial charge in [-0.2, -0.15) is 5.06 Å². The Bertz CT molecular complexity index is 284. The predicted molar refractivity (Wildman–Crippen MR) is 86.3 cm³/mol. The van der Waals surface area contributed by atoms with Crippen molar-refractivity contribution in [1.29, 1.82) is 0 Å². The van der Waals surface area contributed by atoms with Crippen molar-refractivity contribution in [2.75, 3.05) is 6.54 Å². The summed E-state index contributed by atoms with van der Waals surface area (Å²) in [5.74, 6) is 0.0128. The number of carbonyl (C=O) groups excluding carboxylic acids is 1. The van der Waals surface area contributed by atoms with Gasteiger partial charge in [-0.05, 0) is 19.3 Å². The molecule has 0 aromatic carbocycles. The molecule has 1 saturated heterocycles. The van der Waals surface area contributed by atoms with Crippen LogP contribution in [0.1, 0.15) is 84.5 Å². The fraction of sp³-hybridized carbons (Fsp3) is 0.941. The van der Waals surface area contributed by atoms with Crippen LogP contribution in [0.15, 0.2) is 0 Å². The van der Waals surface area contributed by atoms with Crippen molar-refractivity contribution in [1.82, 2.24) is 10.4 Å². The number of nitrogens with zero attached hydrogens (tertiary/aromatic N) is 1. The highest BCUT2D eigenvalue weighted by Crippen LogP contribution is 2.17. The van der Waals surface area contributed by atoms with Gasteiger partial charge in [0.2, 0.25) is 5.91 Å². The van der Waals surface area contributed by atoms with Crippen molar-refractivity contribution in [3.63, 3.8) is 0 Å². The molecule has 0 aromatic heterocycles. The molecule has 0 spiro atoms. The van der Waals surface area contributed by atoms with Crippen LogP contribution in [0, 0.1) is 0 Å². The molecule has 0 saturated carbocycles. The van der Waals surface area contributed by atoms with Crippen LogP contribution in [0.3, 0.4) is 0 Å². The first-order valence-electron chi connectivity index (χ1n) is 8.94. The number of rotatable bonds is 12. The highest BCUT2D eigenvalue weighted by Gasteiger charge is 2.33. The van der Waals surface area contributed by atoms with Crippen LogP contribution >= 0.6 is 0 Å². The normalized spacial score (nSPS) is 20.0. The van der Waals surface area contributed by atoms with Crippen molar-refractivity contribution in [3.05, 3.63) is 0 Å². The van der Waals surface area contributed by atoms with Crippen LogP contribution in [0.4, 0.5) is 0 Å². The molecule has 1 heterocycles. The molecule has 21 heavy (non-hydrogen) atoms. The quantitative estimate of drug-likeness (QED) is 0.538. The van der Waals surface area contributed by atoms with Gasteiger partial charge in [-0.3, -0.25) is 4.79 Å². The first-order valence-corrected chi connectivity index (χ1v) is 8.94. The molecule has 1 unspecified atom stereocenters. The maximum Gasteiger partial charge on any atom is 0.240 e. The monoisotopic (exact) mass is 298 g/mol. The lowest BCUT2D eigenvalue weighted by Gasteiger charge is -2.35. The summed E-state index contributed by atoms with van der Waals surface area (Å²) in [6.45, 7) is 5.05. The smallest absolute Gasteiger partial charge is 0.240 e. The van der Waals surface area contributed by atoms with Crippen molar-refractivity contribution in [2.45, 2.75) is 96.6 Å². The minimum Gasteiger partial charge on any atom is -0.352 e. The third-order valence-corrected chi connectivity index (χ3v) is 4.45. The fourth-order valence-corrected chi connectivity index (χ4v) is 2.86. The minimum atomic E-state index is -0.307. The Morgan fingerprint density at radius 1 is 1.10 bits per heavy atom. The third-order valence-electron chi connectivity index (χ3n) is 4.45. The van der Waals surface area contributed by atoms with Gasteiger partial charge < -0.3 is 10.5 Å². The molecule has 1 amide bonds. The molecule has 2 N–H and O–H groups in total. The van der Waals surface area contributed by atoms with Gasteiger partial charge in [-0.15, -0.1) is 0 Å². The van der Waals surface area contributed by atoms with Gasteiger partial charge in [0.1, 0.15) is 6.04 Å². The fourth-order valence-electron chi connectivity index (χ4n) is 2.86. The average molecular weight is 298 g/mol. The van der Waals surface area contributed by atoms with Gasteiger partial charge in [0.15, 0.2) is 0 Å². The number of carbonyl (C=O) groups is 1. The van der Waals surface area contributed by atoms with Crippen LogP contribution in [0.2, 0.25) is 0 Å². The summed E-state index contributed by atoms with van der Waals surface area (Å²) in [7, 11) is 0. The Balaban J connectivity index is 2.27. The number of hydrogen-bond donors (Lipinski definition) is 2. The molecule has 0 bridgehead atoms. The molecule has 1 rings (SSSR count). The summed E-state index contributed by atoms with van der Waals surface area (Å²) in [5.41, 5.74) is 0. The Kier molecular flexibility index (Phi) is 9.68. The van der Waals surface area contributed by atoms with Gasteiger partial charge in [0, 0.05) is 12.6 Å². The SMILES string of the molecule is CCCCCCC[C@@H](CCCCC)NC(=O)C1CCN1O. The lowest BCUT2D eigenvalue weighted by molar-refractivity contribution is -0.189. The van der Waals surface area contributed by atoms with Crippen LogP contribution in [-0.4, -0.2) is 34.8 Å². The van der Waals surface area contributed by atoms with Crippen molar-refractivity contribution < 1.29 is 10.0 Å². The highest BCUT2D eigenvalue weighted by atomic mass is 16.5. The second-order valence-corrected chi connectivity index (χ2v) is 6.37. The summed E-state index contributed by atoms with van der Waals surface area (Å²) in [5, 5.41) is 13.8. The predicted octanol–water partition coefficient (Wildman–Crippen LogP) is 3.88. The van der Waals surface area contributed by atoms with E-state index in [-0.39, 0.29) is 11.9 Å². The Morgan fingerprint density at radius 3 is 2.19 bits per heavy atom. The van der Waals surface area contributed by atoms with E-state index in [1.165, 1.54) is 51.4 Å². The van der Waals surface area contributed by atoms with E-state index in [1.807, 2.05) is 0 Å². The molecular weight excluding hydrogens is 264 g/mol. The average Bonchev–Trinajstić information content (AvgIpc) is 2.45. The number of amides is 1. The van der Waals surface area contributed by atoms with Gasteiger partial charge in [-0.25, -0.2) is 0 Å². The first-order chi connectivity index (χ1) is 10.2. The van der Waals surface area contributed by atoms with Crippen LogP contribution in [0.25, 0.3) is 0 Å². The lowest BCUT2D eigenvalue weighted by atomic mass is 9.99. The van der Waals surface area contributed by atoms with Gasteiger partial charge in [-0.1, -0.05) is 65.2 Å². The molecule has 4 nitrogen and oxygen atoms in total. The van der Waals surface area contributed by atoms with Crippen molar-refractivity contribution in [3.8, 4) is 0 Å². The van der Waals surface area contributed by atoms with Gasteiger partial charge >= 0.3 is 0 Å². The second kappa shape index (κ2) is 11.0. The summed E-state index contributed by atoms with van der Waals surface area (Å²) in [6, 6.07) is -0.0153. The van der Waals surface area contributed by atoms with Crippen molar-refractivity contribution in [2.24, 2.45) is 0 Å². The van der Waals surface area contributed by atoms with Crippen molar-refractivity contribution >= 4 is 5.91 Å². The summed E-state index contributed by atoms with van der Waals surface area (Å²) < 4.78 is 0. The zero-order valence-electron chi connectivity index (χ0n) is 13.9. The molecule has 4 heteroatoms. The zero-order chi connectivity index (χ0) is 15.5. The Morgan fingerprint density at radius 2 is 1.67 bits per heavy atom. The molecule has 1 aliphatic rings. The molecule has 2 atom stereocenters. The number of nitrogens with one attached hydrogen (secondary N) is 1. The molecule has 1 fully saturated rings. The van der Waals surface area contributed by atoms with E-state index in [9.17, 15) is 10.0 Å². The lowest BCUT2D eigenvalue weighted by Crippen LogP contribution is -2.56. The number of hydrogen-bond acceptors (Lipinski definition) is 3. The topological polar surface area (TPSA) is 52.6 Å². The number of unbranched alkanes of at least 4 members (excludes halogenated alkanes) is 6. The largest absolute Gasteiger partial charge is 0.352 e. The van der Waals surface area contributed by atoms with E-state index in [1.54, 1.807) is 0 Å². The minimum absolute atomic E-state index is 0.0128. The van der Waals surface area contributed by atoms with E-state index in [0.29, 0.717) is 12.6 Å². The summed E-state index contributed by atoms with van der Waals surface area (Å²) in [6.07, 6.45) is 12.9. The number of hydroxylamine groups is 2. The zero-order valence-corrected chi connectivity index (χ0v) is 13.9. The van der Waals surface area contributed by atoms with Crippen LogP contribution in [-0.2, 0) is 4.79 Å². The molecule has 0 aliphatic carbocycles. The van der Waals surface area contributed by atoms with Crippen LogP contribution < -0.4 is 5.32 Å². The maximum atomic E-state index is 12.1. The third kappa shape index (κ3) is 7.28. The maximum absolute atomic E-state index is 12.1. The van der Waals surface area contributed by atoms with E-state index in [0.717, 1.165) is 24.3 Å². The van der Waals surface area contributed by atoms with Gasteiger partial charge in [0.25, 0.3) is 0 Å². The van der Waals surface area contributed by atoms with Gasteiger partial charge in [0.05, 0.1) is 0 Å². The van der Waals surface area contributed by atoms with E-state index >= 15 is 0 Å². The second-order valence-electron chi connectivity index (χ2n) is 6.37.